The quantitative estimate of drug-likeness (QED) is 0.595. The maximum absolute atomic E-state index is 12.9. The van der Waals surface area contributed by atoms with E-state index in [2.05, 4.69) is 27.9 Å². The van der Waals surface area contributed by atoms with Crippen LogP contribution >= 0.6 is 22.6 Å². The molecule has 1 amide bonds. The summed E-state index contributed by atoms with van der Waals surface area (Å²) in [7, 11) is -3.86. The molecule has 0 aliphatic carbocycles. The second-order valence-electron chi connectivity index (χ2n) is 4.64. The summed E-state index contributed by atoms with van der Waals surface area (Å²) in [6, 6.07) is 11.4. The van der Waals surface area contributed by atoms with E-state index in [0.29, 0.717) is 5.69 Å². The molecule has 2 rings (SSSR count). The number of halogens is 2. The topological polar surface area (TPSA) is 63.2 Å². The van der Waals surface area contributed by atoms with Crippen molar-refractivity contribution in [2.45, 2.75) is 17.1 Å². The van der Waals surface area contributed by atoms with Crippen LogP contribution in [0.15, 0.2) is 53.4 Å². The Morgan fingerprint density at radius 2 is 1.64 bits per heavy atom. The van der Waals surface area contributed by atoms with Crippen molar-refractivity contribution in [1.29, 1.82) is 0 Å². The fourth-order valence-electron chi connectivity index (χ4n) is 1.75. The Bertz CT molecular complexity index is 773. The minimum absolute atomic E-state index is 0.0841. The molecule has 0 saturated carbocycles. The molecule has 0 saturated heterocycles. The van der Waals surface area contributed by atoms with Crippen LogP contribution in [-0.2, 0) is 14.6 Å². The fourth-order valence-corrected chi connectivity index (χ4v) is 3.37. The highest BCUT2D eigenvalue weighted by Gasteiger charge is 2.29. The first kappa shape index (κ1) is 16.9. The van der Waals surface area contributed by atoms with Gasteiger partial charge in [0.1, 0.15) is 11.1 Å². The number of hydrogen-bond acceptors (Lipinski definition) is 3. The van der Waals surface area contributed by atoms with E-state index in [1.807, 2.05) is 0 Å². The lowest BCUT2D eigenvalue weighted by Gasteiger charge is -2.13. The van der Waals surface area contributed by atoms with Crippen molar-refractivity contribution in [2.24, 2.45) is 0 Å². The largest absolute Gasteiger partial charge is 0.325 e. The summed E-state index contributed by atoms with van der Waals surface area (Å²) >= 11 is 2.13. The minimum atomic E-state index is -3.86. The van der Waals surface area contributed by atoms with Gasteiger partial charge in [-0.15, -0.1) is 0 Å². The average Bonchev–Trinajstić information content (AvgIpc) is 2.49. The molecule has 2 aromatic rings. The molecule has 7 heteroatoms. The first-order valence-electron chi connectivity index (χ1n) is 6.36. The molecule has 0 bridgehead atoms. The zero-order valence-corrected chi connectivity index (χ0v) is 14.6. The zero-order chi connectivity index (χ0) is 16.3. The van der Waals surface area contributed by atoms with Crippen LogP contribution in [0.25, 0.3) is 0 Å². The highest BCUT2D eigenvalue weighted by molar-refractivity contribution is 14.1. The second-order valence-corrected chi connectivity index (χ2v) is 8.15. The van der Waals surface area contributed by atoms with E-state index >= 15 is 0 Å². The number of amides is 1. The summed E-state index contributed by atoms with van der Waals surface area (Å²) < 4.78 is 38.6. The molecule has 0 heterocycles. The summed E-state index contributed by atoms with van der Waals surface area (Å²) in [6.07, 6.45) is 0. The average molecular weight is 433 g/mol. The Morgan fingerprint density at radius 3 is 2.18 bits per heavy atom. The molecular weight excluding hydrogens is 420 g/mol. The van der Waals surface area contributed by atoms with Gasteiger partial charge in [-0.05, 0) is 78.0 Å². The van der Waals surface area contributed by atoms with Gasteiger partial charge in [0, 0.05) is 9.26 Å². The van der Waals surface area contributed by atoms with Gasteiger partial charge in [0.25, 0.3) is 0 Å². The van der Waals surface area contributed by atoms with Gasteiger partial charge in [0.15, 0.2) is 9.84 Å². The summed E-state index contributed by atoms with van der Waals surface area (Å²) in [5, 5.41) is 1.28. The van der Waals surface area contributed by atoms with Crippen molar-refractivity contribution >= 4 is 44.0 Å². The summed E-state index contributed by atoms with van der Waals surface area (Å²) in [6.45, 7) is 1.31. The maximum atomic E-state index is 12.9. The Balaban J connectivity index is 2.18. The third-order valence-corrected chi connectivity index (χ3v) is 5.88. The van der Waals surface area contributed by atoms with Gasteiger partial charge < -0.3 is 5.32 Å². The van der Waals surface area contributed by atoms with Gasteiger partial charge in [-0.2, -0.15) is 0 Å². The number of benzene rings is 2. The summed E-state index contributed by atoms with van der Waals surface area (Å²) in [5.74, 6) is -1.17. The molecule has 0 fully saturated rings. The van der Waals surface area contributed by atoms with E-state index in [4.69, 9.17) is 0 Å². The molecule has 0 radical (unpaired) electrons. The zero-order valence-electron chi connectivity index (χ0n) is 11.6. The molecule has 22 heavy (non-hydrogen) atoms. The SMILES string of the molecule is C[C@H](C(=O)Nc1ccc(I)cc1)S(=O)(=O)c1ccc(F)cc1. The van der Waals surface area contributed by atoms with E-state index in [1.165, 1.54) is 6.92 Å². The van der Waals surface area contributed by atoms with E-state index in [1.54, 1.807) is 24.3 Å². The van der Waals surface area contributed by atoms with Crippen molar-refractivity contribution in [3.8, 4) is 0 Å². The van der Waals surface area contributed by atoms with E-state index in [0.717, 1.165) is 27.8 Å². The van der Waals surface area contributed by atoms with Crippen molar-refractivity contribution in [3.05, 3.63) is 57.9 Å². The Kier molecular flexibility index (Phi) is 5.17. The number of sulfone groups is 1. The Hall–Kier alpha value is -1.48. The van der Waals surface area contributed by atoms with Gasteiger partial charge >= 0.3 is 0 Å². The van der Waals surface area contributed by atoms with Crippen LogP contribution in [0.3, 0.4) is 0 Å². The molecule has 4 nitrogen and oxygen atoms in total. The third-order valence-electron chi connectivity index (χ3n) is 3.09. The predicted molar refractivity (Wildman–Crippen MR) is 90.8 cm³/mol. The third kappa shape index (κ3) is 3.83. The number of anilines is 1. The lowest BCUT2D eigenvalue weighted by atomic mass is 10.3. The molecular formula is C15H13FINO3S. The molecule has 0 unspecified atom stereocenters. The summed E-state index contributed by atoms with van der Waals surface area (Å²) in [4.78, 5) is 12.0. The highest BCUT2D eigenvalue weighted by atomic mass is 127. The van der Waals surface area contributed by atoms with E-state index in [-0.39, 0.29) is 4.90 Å². The predicted octanol–water partition coefficient (Wildman–Crippen LogP) is 3.23. The molecule has 0 aliphatic rings. The Labute approximate surface area is 141 Å². The first-order chi connectivity index (χ1) is 10.3. The lowest BCUT2D eigenvalue weighted by Crippen LogP contribution is -2.32. The molecule has 1 N–H and O–H groups in total. The van der Waals surface area contributed by atoms with Gasteiger partial charge in [0.2, 0.25) is 5.91 Å². The molecule has 116 valence electrons. The van der Waals surface area contributed by atoms with Crippen LogP contribution in [0, 0.1) is 9.39 Å². The van der Waals surface area contributed by atoms with Crippen LogP contribution in [0.2, 0.25) is 0 Å². The fraction of sp³-hybridized carbons (Fsp3) is 0.133. The van der Waals surface area contributed by atoms with Crippen molar-refractivity contribution in [3.63, 3.8) is 0 Å². The first-order valence-corrected chi connectivity index (χ1v) is 8.99. The van der Waals surface area contributed by atoms with Crippen molar-refractivity contribution in [1.82, 2.24) is 0 Å². The number of rotatable bonds is 4. The highest BCUT2D eigenvalue weighted by Crippen LogP contribution is 2.18. The molecule has 0 spiro atoms. The molecule has 1 atom stereocenters. The van der Waals surface area contributed by atoms with Gasteiger partial charge in [0.05, 0.1) is 4.90 Å². The number of carbonyl (C=O) groups is 1. The van der Waals surface area contributed by atoms with Crippen LogP contribution in [0.4, 0.5) is 10.1 Å². The van der Waals surface area contributed by atoms with Crippen LogP contribution < -0.4 is 5.32 Å². The summed E-state index contributed by atoms with van der Waals surface area (Å²) in [5.41, 5.74) is 0.520. The second kappa shape index (κ2) is 6.74. The van der Waals surface area contributed by atoms with Gasteiger partial charge in [-0.1, -0.05) is 0 Å². The molecule has 0 aliphatic heterocycles. The molecule has 2 aromatic carbocycles. The van der Waals surface area contributed by atoms with E-state index in [9.17, 15) is 17.6 Å². The number of nitrogens with one attached hydrogen (secondary N) is 1. The molecule has 0 aromatic heterocycles. The van der Waals surface area contributed by atoms with Crippen LogP contribution in [-0.4, -0.2) is 19.6 Å². The van der Waals surface area contributed by atoms with Crippen molar-refractivity contribution < 1.29 is 17.6 Å². The lowest BCUT2D eigenvalue weighted by molar-refractivity contribution is -0.115. The van der Waals surface area contributed by atoms with Gasteiger partial charge in [-0.25, -0.2) is 12.8 Å². The minimum Gasteiger partial charge on any atom is -0.325 e. The van der Waals surface area contributed by atoms with Crippen LogP contribution in [0.5, 0.6) is 0 Å². The normalized spacial score (nSPS) is 12.7. The van der Waals surface area contributed by atoms with Gasteiger partial charge in [-0.3, -0.25) is 4.79 Å². The number of hydrogen-bond donors (Lipinski definition) is 1. The van der Waals surface area contributed by atoms with Crippen molar-refractivity contribution in [2.75, 3.05) is 5.32 Å². The smallest absolute Gasteiger partial charge is 0.242 e. The Morgan fingerprint density at radius 1 is 1.09 bits per heavy atom. The monoisotopic (exact) mass is 433 g/mol. The van der Waals surface area contributed by atoms with E-state index < -0.39 is 26.8 Å². The van der Waals surface area contributed by atoms with Crippen LogP contribution in [0.1, 0.15) is 6.92 Å². The number of carbonyl (C=O) groups excluding carboxylic acids is 1. The maximum Gasteiger partial charge on any atom is 0.242 e. The standard InChI is InChI=1S/C15H13FINO3S/c1-10(15(19)18-13-6-4-12(17)5-7-13)22(20,21)14-8-2-11(16)3-9-14/h2-10H,1H3,(H,18,19)/t10-/m1/s1.